The van der Waals surface area contributed by atoms with Crippen molar-refractivity contribution in [1.29, 1.82) is 0 Å². The van der Waals surface area contributed by atoms with Crippen molar-refractivity contribution >= 4 is 10.9 Å². The summed E-state index contributed by atoms with van der Waals surface area (Å²) in [7, 11) is 1.91. The van der Waals surface area contributed by atoms with Crippen LogP contribution in [-0.2, 0) is 20.0 Å². The second-order valence-corrected chi connectivity index (χ2v) is 7.43. The van der Waals surface area contributed by atoms with Crippen LogP contribution in [-0.4, -0.2) is 43.3 Å². The molecule has 0 saturated carbocycles. The Labute approximate surface area is 165 Å². The number of benzene rings is 1. The van der Waals surface area contributed by atoms with Crippen LogP contribution in [0.15, 0.2) is 41.6 Å². The Morgan fingerprint density at radius 1 is 1.24 bits per heavy atom. The Balaban J connectivity index is 1.71. The van der Waals surface area contributed by atoms with Gasteiger partial charge >= 0.3 is 6.18 Å². The summed E-state index contributed by atoms with van der Waals surface area (Å²) in [4.78, 5) is 23.6. The van der Waals surface area contributed by atoms with Gasteiger partial charge in [0.1, 0.15) is 12.4 Å². The van der Waals surface area contributed by atoms with Crippen molar-refractivity contribution in [2.45, 2.75) is 38.0 Å². The molecule has 1 aromatic carbocycles. The number of fused-ring (bicyclic) bond motifs is 1. The van der Waals surface area contributed by atoms with E-state index in [1.54, 1.807) is 30.7 Å². The van der Waals surface area contributed by atoms with E-state index in [-0.39, 0.29) is 17.3 Å². The van der Waals surface area contributed by atoms with Gasteiger partial charge in [-0.2, -0.15) is 13.2 Å². The second-order valence-electron chi connectivity index (χ2n) is 7.43. The van der Waals surface area contributed by atoms with Gasteiger partial charge in [0.25, 0.3) is 5.56 Å². The molecule has 0 spiro atoms. The Morgan fingerprint density at radius 2 is 2.03 bits per heavy atom. The highest BCUT2D eigenvalue weighted by molar-refractivity contribution is 5.77. The number of hydrogen-bond acceptors (Lipinski definition) is 4. The van der Waals surface area contributed by atoms with E-state index >= 15 is 0 Å². The van der Waals surface area contributed by atoms with Gasteiger partial charge in [0.2, 0.25) is 0 Å². The van der Waals surface area contributed by atoms with Crippen LogP contribution in [0, 0.1) is 0 Å². The number of likely N-dealkylation sites (tertiary alicyclic amines) is 1. The minimum Gasteiger partial charge on any atom is -0.338 e. The molecular formula is C20H22F3N5O. The van der Waals surface area contributed by atoms with Gasteiger partial charge in [0.15, 0.2) is 0 Å². The highest BCUT2D eigenvalue weighted by Crippen LogP contribution is 2.32. The maximum Gasteiger partial charge on any atom is 0.406 e. The first-order valence-corrected chi connectivity index (χ1v) is 9.59. The predicted molar refractivity (Wildman–Crippen MR) is 103 cm³/mol. The maximum atomic E-state index is 13.3. The molecule has 154 valence electrons. The van der Waals surface area contributed by atoms with Gasteiger partial charge in [-0.25, -0.2) is 9.97 Å². The molecular weight excluding hydrogens is 383 g/mol. The topological polar surface area (TPSA) is 56.0 Å². The molecule has 0 radical (unpaired) electrons. The predicted octanol–water partition coefficient (Wildman–Crippen LogP) is 3.07. The van der Waals surface area contributed by atoms with E-state index in [0.717, 1.165) is 29.6 Å². The maximum absolute atomic E-state index is 13.3. The van der Waals surface area contributed by atoms with E-state index in [1.165, 1.54) is 6.07 Å². The molecule has 3 heterocycles. The molecule has 0 N–H and O–H groups in total. The number of para-hydroxylation sites is 1. The van der Waals surface area contributed by atoms with Crippen molar-refractivity contribution in [3.8, 4) is 0 Å². The molecule has 0 bridgehead atoms. The van der Waals surface area contributed by atoms with Crippen LogP contribution in [0.2, 0.25) is 0 Å². The third-order valence-corrected chi connectivity index (χ3v) is 5.46. The SMILES string of the molecule is Cn1cncc1CCN1CCCC1c1nc2ccccc2c(=O)n1CC(F)(F)F. The molecule has 1 saturated heterocycles. The Bertz CT molecular complexity index is 1070. The molecule has 1 aliphatic heterocycles. The first-order valence-electron chi connectivity index (χ1n) is 9.59. The molecule has 0 aliphatic carbocycles. The lowest BCUT2D eigenvalue weighted by Gasteiger charge is -2.27. The summed E-state index contributed by atoms with van der Waals surface area (Å²) in [6, 6.07) is 6.26. The molecule has 0 amide bonds. The number of alkyl halides is 3. The number of aryl methyl sites for hydroxylation is 1. The van der Waals surface area contributed by atoms with Crippen LogP contribution in [0.3, 0.4) is 0 Å². The van der Waals surface area contributed by atoms with Gasteiger partial charge in [-0.15, -0.1) is 0 Å². The average molecular weight is 405 g/mol. The number of aromatic nitrogens is 4. The van der Waals surface area contributed by atoms with E-state index in [9.17, 15) is 18.0 Å². The average Bonchev–Trinajstić information content (AvgIpc) is 3.30. The third kappa shape index (κ3) is 4.05. The standard InChI is InChI=1S/C20H22F3N5O/c1-26-13-24-11-14(26)8-10-27-9-4-7-17(27)18-25-16-6-3-2-5-15(16)19(29)28(18)12-20(21,22)23/h2-3,5-6,11,13,17H,4,7-10,12H2,1H3. The van der Waals surface area contributed by atoms with Crippen LogP contribution in [0.5, 0.6) is 0 Å². The van der Waals surface area contributed by atoms with Crippen LogP contribution in [0.1, 0.15) is 30.4 Å². The van der Waals surface area contributed by atoms with Crippen molar-refractivity contribution in [1.82, 2.24) is 24.0 Å². The summed E-state index contributed by atoms with van der Waals surface area (Å²) < 4.78 is 42.5. The first kappa shape index (κ1) is 19.6. The lowest BCUT2D eigenvalue weighted by atomic mass is 10.1. The number of imidazole rings is 1. The van der Waals surface area contributed by atoms with Crippen LogP contribution >= 0.6 is 0 Å². The largest absolute Gasteiger partial charge is 0.406 e. The summed E-state index contributed by atoms with van der Waals surface area (Å²) in [5.74, 6) is 0.202. The van der Waals surface area contributed by atoms with Gasteiger partial charge in [0.05, 0.1) is 23.3 Å². The first-order chi connectivity index (χ1) is 13.8. The fourth-order valence-corrected chi connectivity index (χ4v) is 4.04. The second kappa shape index (κ2) is 7.62. The molecule has 1 fully saturated rings. The lowest BCUT2D eigenvalue weighted by Crippen LogP contribution is -2.36. The molecule has 9 heteroatoms. The summed E-state index contributed by atoms with van der Waals surface area (Å²) >= 11 is 0. The summed E-state index contributed by atoms with van der Waals surface area (Å²) in [5, 5.41) is 0.208. The van der Waals surface area contributed by atoms with E-state index < -0.39 is 18.3 Å². The zero-order valence-electron chi connectivity index (χ0n) is 16.1. The highest BCUT2D eigenvalue weighted by atomic mass is 19.4. The minimum atomic E-state index is -4.50. The number of nitrogens with zero attached hydrogens (tertiary/aromatic N) is 5. The van der Waals surface area contributed by atoms with Gasteiger partial charge in [-0.05, 0) is 31.5 Å². The van der Waals surface area contributed by atoms with E-state index in [4.69, 9.17) is 0 Å². The van der Waals surface area contributed by atoms with E-state index in [0.29, 0.717) is 18.5 Å². The van der Waals surface area contributed by atoms with Gasteiger partial charge < -0.3 is 4.57 Å². The normalized spacial score (nSPS) is 18.0. The smallest absolute Gasteiger partial charge is 0.338 e. The number of hydrogen-bond donors (Lipinski definition) is 0. The number of rotatable bonds is 5. The van der Waals surface area contributed by atoms with Crippen molar-refractivity contribution in [2.75, 3.05) is 13.1 Å². The van der Waals surface area contributed by atoms with Crippen molar-refractivity contribution in [3.05, 3.63) is 58.7 Å². The van der Waals surface area contributed by atoms with Crippen LogP contribution in [0.4, 0.5) is 13.2 Å². The lowest BCUT2D eigenvalue weighted by molar-refractivity contribution is -0.142. The summed E-state index contributed by atoms with van der Waals surface area (Å²) in [5.41, 5.74) is 0.848. The van der Waals surface area contributed by atoms with Crippen LogP contribution < -0.4 is 5.56 Å². The molecule has 1 atom stereocenters. The summed E-state index contributed by atoms with van der Waals surface area (Å²) in [6.07, 6.45) is 1.27. The van der Waals surface area contributed by atoms with Gasteiger partial charge in [-0.3, -0.25) is 14.3 Å². The zero-order valence-corrected chi connectivity index (χ0v) is 16.1. The monoisotopic (exact) mass is 405 g/mol. The Hall–Kier alpha value is -2.68. The summed E-state index contributed by atoms with van der Waals surface area (Å²) in [6.45, 7) is 0.0984. The zero-order chi connectivity index (χ0) is 20.6. The minimum absolute atomic E-state index is 0.202. The van der Waals surface area contributed by atoms with Gasteiger partial charge in [-0.1, -0.05) is 12.1 Å². The molecule has 2 aromatic heterocycles. The molecule has 1 aliphatic rings. The fourth-order valence-electron chi connectivity index (χ4n) is 4.04. The third-order valence-electron chi connectivity index (χ3n) is 5.46. The van der Waals surface area contributed by atoms with Crippen molar-refractivity contribution in [2.24, 2.45) is 7.05 Å². The quantitative estimate of drug-likeness (QED) is 0.655. The van der Waals surface area contributed by atoms with Crippen molar-refractivity contribution in [3.63, 3.8) is 0 Å². The molecule has 29 heavy (non-hydrogen) atoms. The fraction of sp³-hybridized carbons (Fsp3) is 0.450. The number of halogens is 3. The highest BCUT2D eigenvalue weighted by Gasteiger charge is 2.35. The molecule has 3 aromatic rings. The molecule has 6 nitrogen and oxygen atoms in total. The molecule has 1 unspecified atom stereocenters. The van der Waals surface area contributed by atoms with Crippen LogP contribution in [0.25, 0.3) is 10.9 Å². The van der Waals surface area contributed by atoms with Crippen molar-refractivity contribution < 1.29 is 13.2 Å². The Kier molecular flexibility index (Phi) is 5.16. The van der Waals surface area contributed by atoms with E-state index in [1.807, 2.05) is 11.6 Å². The van der Waals surface area contributed by atoms with E-state index in [2.05, 4.69) is 14.9 Å². The Morgan fingerprint density at radius 3 is 2.76 bits per heavy atom. The molecule has 4 rings (SSSR count). The van der Waals surface area contributed by atoms with Gasteiger partial charge in [0, 0.05) is 31.9 Å².